The number of rotatable bonds is 6. The van der Waals surface area contributed by atoms with Crippen molar-refractivity contribution in [3.63, 3.8) is 0 Å². The lowest BCUT2D eigenvalue weighted by Gasteiger charge is -2.33. The van der Waals surface area contributed by atoms with Crippen LogP contribution < -0.4 is 4.74 Å². The van der Waals surface area contributed by atoms with Crippen molar-refractivity contribution in [1.82, 2.24) is 4.90 Å². The zero-order valence-corrected chi connectivity index (χ0v) is 15.6. The molecular weight excluding hydrogens is 358 g/mol. The average Bonchev–Trinajstić information content (AvgIpc) is 3.03. The molecule has 1 aromatic carbocycles. The minimum absolute atomic E-state index is 0.0177. The molecule has 1 aromatic rings. The predicted molar refractivity (Wildman–Crippen MR) is 96.5 cm³/mol. The summed E-state index contributed by atoms with van der Waals surface area (Å²) in [6.07, 6.45) is 1.39. The molecule has 142 valence electrons. The second-order valence-corrected chi connectivity index (χ2v) is 7.53. The van der Waals surface area contributed by atoms with Crippen LogP contribution in [0, 0.1) is 18.3 Å². The van der Waals surface area contributed by atoms with Gasteiger partial charge in [0.15, 0.2) is 0 Å². The Kier molecular flexibility index (Phi) is 5.73. The summed E-state index contributed by atoms with van der Waals surface area (Å²) >= 11 is 5.99. The number of amides is 1. The zero-order valence-electron chi connectivity index (χ0n) is 14.9. The number of carbonyl (C=O) groups is 2. The second-order valence-electron chi connectivity index (χ2n) is 7.12. The van der Waals surface area contributed by atoms with Crippen molar-refractivity contribution < 1.29 is 24.2 Å². The van der Waals surface area contributed by atoms with Crippen LogP contribution in [-0.2, 0) is 14.3 Å². The smallest absolute Gasteiger partial charge is 0.311 e. The number of benzene rings is 1. The molecule has 2 heterocycles. The molecule has 3 rings (SSSR count). The van der Waals surface area contributed by atoms with Crippen molar-refractivity contribution in [2.45, 2.75) is 26.2 Å². The number of carboxylic acids is 1. The zero-order chi connectivity index (χ0) is 18.7. The molecule has 1 N–H and O–H groups in total. The molecule has 0 radical (unpaired) electrons. The first-order valence-corrected chi connectivity index (χ1v) is 9.28. The first kappa shape index (κ1) is 19.0. The number of likely N-dealkylation sites (tertiary alicyclic amines) is 1. The third-order valence-corrected chi connectivity index (χ3v) is 5.84. The van der Waals surface area contributed by atoms with Gasteiger partial charge in [-0.15, -0.1) is 0 Å². The number of aryl methyl sites for hydroxylation is 1. The van der Waals surface area contributed by atoms with E-state index in [1.54, 1.807) is 17.0 Å². The van der Waals surface area contributed by atoms with E-state index in [1.165, 1.54) is 0 Å². The molecule has 2 fully saturated rings. The van der Waals surface area contributed by atoms with Gasteiger partial charge in [-0.2, -0.15) is 0 Å². The number of hydrogen-bond donors (Lipinski definition) is 1. The third kappa shape index (κ3) is 3.81. The van der Waals surface area contributed by atoms with Crippen molar-refractivity contribution in [3.8, 4) is 5.75 Å². The third-order valence-electron chi connectivity index (χ3n) is 5.42. The molecule has 0 aliphatic carbocycles. The standard InChI is InChI=1S/C19H24ClNO5/c1-13-9-15(4-5-16(13)20)26-7-2-3-17(22)21-10-14-11-25-8-6-19(14,12-21)18(23)24/h4-5,9,14H,2-3,6-8,10-12H2,1H3,(H,23,24)/t14-,19+/m0/s1. The number of aliphatic carboxylic acids is 1. The van der Waals surface area contributed by atoms with Crippen LogP contribution in [0.2, 0.25) is 5.02 Å². The summed E-state index contributed by atoms with van der Waals surface area (Å²) in [5.41, 5.74) is 0.103. The summed E-state index contributed by atoms with van der Waals surface area (Å²) in [7, 11) is 0. The maximum Gasteiger partial charge on any atom is 0.311 e. The monoisotopic (exact) mass is 381 g/mol. The van der Waals surface area contributed by atoms with Crippen LogP contribution in [0.25, 0.3) is 0 Å². The number of hydrogen-bond acceptors (Lipinski definition) is 4. The van der Waals surface area contributed by atoms with Crippen LogP contribution in [0.5, 0.6) is 5.75 Å². The van der Waals surface area contributed by atoms with E-state index in [1.807, 2.05) is 13.0 Å². The molecule has 0 saturated carbocycles. The fourth-order valence-electron chi connectivity index (χ4n) is 3.77. The Labute approximate surface area is 158 Å². The Morgan fingerprint density at radius 3 is 2.96 bits per heavy atom. The van der Waals surface area contributed by atoms with Crippen LogP contribution in [0.3, 0.4) is 0 Å². The van der Waals surface area contributed by atoms with Crippen molar-refractivity contribution in [2.75, 3.05) is 32.9 Å². The molecule has 7 heteroatoms. The van der Waals surface area contributed by atoms with Crippen LogP contribution in [0.15, 0.2) is 18.2 Å². The van der Waals surface area contributed by atoms with E-state index in [9.17, 15) is 14.7 Å². The van der Waals surface area contributed by atoms with Crippen molar-refractivity contribution >= 4 is 23.5 Å². The van der Waals surface area contributed by atoms with Crippen LogP contribution in [0.4, 0.5) is 0 Å². The Hall–Kier alpha value is -1.79. The summed E-state index contributed by atoms with van der Waals surface area (Å²) < 4.78 is 11.1. The topological polar surface area (TPSA) is 76.1 Å². The summed E-state index contributed by atoms with van der Waals surface area (Å²) in [5.74, 6) is -0.224. The van der Waals surface area contributed by atoms with E-state index in [-0.39, 0.29) is 18.4 Å². The lowest BCUT2D eigenvalue weighted by atomic mass is 9.74. The number of nitrogens with zero attached hydrogens (tertiary/aromatic N) is 1. The largest absolute Gasteiger partial charge is 0.494 e. The Balaban J connectivity index is 1.48. The van der Waals surface area contributed by atoms with Gasteiger partial charge < -0.3 is 19.5 Å². The summed E-state index contributed by atoms with van der Waals surface area (Å²) in [4.78, 5) is 25.9. The van der Waals surface area contributed by atoms with Crippen LogP contribution in [-0.4, -0.2) is 54.8 Å². The van der Waals surface area contributed by atoms with Gasteiger partial charge in [-0.05, 0) is 43.5 Å². The number of carbonyl (C=O) groups excluding carboxylic acids is 1. The lowest BCUT2D eigenvalue weighted by molar-refractivity contribution is -0.157. The normalized spacial score (nSPS) is 25.0. The summed E-state index contributed by atoms with van der Waals surface area (Å²) in [6.45, 7) is 3.94. The van der Waals surface area contributed by atoms with E-state index in [0.717, 1.165) is 11.3 Å². The highest BCUT2D eigenvalue weighted by Gasteiger charge is 2.54. The van der Waals surface area contributed by atoms with Crippen LogP contribution >= 0.6 is 11.6 Å². The minimum Gasteiger partial charge on any atom is -0.494 e. The van der Waals surface area contributed by atoms with E-state index in [0.29, 0.717) is 50.7 Å². The Bertz CT molecular complexity index is 695. The predicted octanol–water partition coefficient (Wildman–Crippen LogP) is 2.76. The molecule has 2 atom stereocenters. The molecule has 1 amide bonds. The van der Waals surface area contributed by atoms with Crippen molar-refractivity contribution in [3.05, 3.63) is 28.8 Å². The minimum atomic E-state index is -0.842. The Morgan fingerprint density at radius 2 is 2.27 bits per heavy atom. The van der Waals surface area contributed by atoms with Gasteiger partial charge in [0.2, 0.25) is 5.91 Å². The number of fused-ring (bicyclic) bond motifs is 1. The highest BCUT2D eigenvalue weighted by molar-refractivity contribution is 6.31. The van der Waals surface area contributed by atoms with E-state index in [4.69, 9.17) is 21.1 Å². The molecule has 0 unspecified atom stereocenters. The Morgan fingerprint density at radius 1 is 1.46 bits per heavy atom. The SMILES string of the molecule is Cc1cc(OCCCC(=O)N2C[C@H]3COCC[C@@]3(C(=O)O)C2)ccc1Cl. The van der Waals surface area contributed by atoms with Gasteiger partial charge in [0.1, 0.15) is 5.75 Å². The molecule has 2 aliphatic heterocycles. The molecule has 0 bridgehead atoms. The molecule has 0 spiro atoms. The van der Waals surface area contributed by atoms with Gasteiger partial charge in [-0.1, -0.05) is 11.6 Å². The van der Waals surface area contributed by atoms with E-state index in [2.05, 4.69) is 0 Å². The fraction of sp³-hybridized carbons (Fsp3) is 0.579. The highest BCUT2D eigenvalue weighted by Crippen LogP contribution is 2.42. The lowest BCUT2D eigenvalue weighted by Crippen LogP contribution is -2.45. The number of carboxylic acid groups (broad SMARTS) is 1. The van der Waals surface area contributed by atoms with Crippen molar-refractivity contribution in [1.29, 1.82) is 0 Å². The quantitative estimate of drug-likeness (QED) is 0.767. The molecule has 0 aromatic heterocycles. The maximum atomic E-state index is 12.5. The molecule has 6 nitrogen and oxygen atoms in total. The molecular formula is C19H24ClNO5. The van der Waals surface area contributed by atoms with Crippen molar-refractivity contribution in [2.24, 2.45) is 11.3 Å². The first-order chi connectivity index (χ1) is 12.4. The van der Waals surface area contributed by atoms with Gasteiger partial charge in [0, 0.05) is 37.1 Å². The molecule has 2 aliphatic rings. The average molecular weight is 382 g/mol. The van der Waals surface area contributed by atoms with E-state index >= 15 is 0 Å². The van der Waals surface area contributed by atoms with Gasteiger partial charge in [0.05, 0.1) is 18.6 Å². The molecule has 2 saturated heterocycles. The van der Waals surface area contributed by atoms with Gasteiger partial charge in [0.25, 0.3) is 0 Å². The number of ether oxygens (including phenoxy) is 2. The summed E-state index contributed by atoms with van der Waals surface area (Å²) in [5, 5.41) is 10.4. The fourth-order valence-corrected chi connectivity index (χ4v) is 3.89. The number of halogens is 1. The summed E-state index contributed by atoms with van der Waals surface area (Å²) in [6, 6.07) is 5.46. The van der Waals surface area contributed by atoms with E-state index < -0.39 is 11.4 Å². The van der Waals surface area contributed by atoms with Gasteiger partial charge in [-0.3, -0.25) is 9.59 Å². The first-order valence-electron chi connectivity index (χ1n) is 8.90. The maximum absolute atomic E-state index is 12.5. The second kappa shape index (κ2) is 7.84. The van der Waals surface area contributed by atoms with Gasteiger partial charge >= 0.3 is 5.97 Å². The van der Waals surface area contributed by atoms with Gasteiger partial charge in [-0.25, -0.2) is 0 Å². The molecule has 26 heavy (non-hydrogen) atoms. The highest BCUT2D eigenvalue weighted by atomic mass is 35.5. The van der Waals surface area contributed by atoms with Crippen LogP contribution in [0.1, 0.15) is 24.8 Å².